The van der Waals surface area contributed by atoms with Crippen LogP contribution in [0.4, 0.5) is 0 Å². The lowest BCUT2D eigenvalue weighted by molar-refractivity contribution is -0.875. The van der Waals surface area contributed by atoms with Crippen molar-refractivity contribution in [3.63, 3.8) is 0 Å². The number of nitrogens with zero attached hydrogens (tertiary/aromatic N) is 1. The topological polar surface area (TPSA) is 77.4 Å². The van der Waals surface area contributed by atoms with Gasteiger partial charge in [0.1, 0.15) is 6.54 Å². The van der Waals surface area contributed by atoms with Gasteiger partial charge in [0.05, 0.1) is 21.1 Å². The first-order valence-corrected chi connectivity index (χ1v) is 7.33. The number of hydrogen-bond acceptors (Lipinski definition) is 4. The maximum Gasteiger partial charge on any atom is 0.177 e. The number of carboxylic acid groups (broad SMARTS) is 1. The zero-order valence-electron chi connectivity index (χ0n) is 13.0. The second-order valence-electron chi connectivity index (χ2n) is 7.20. The molecular weight excluding hydrogens is 258 g/mol. The Labute approximate surface area is 121 Å². The van der Waals surface area contributed by atoms with E-state index in [4.69, 9.17) is 0 Å². The molecule has 5 nitrogen and oxygen atoms in total. The Hall–Kier alpha value is -0.940. The molecule has 1 saturated carbocycles. The number of carbonyl (C=O) groups is 2. The van der Waals surface area contributed by atoms with Gasteiger partial charge in [0.2, 0.25) is 0 Å². The molecule has 3 atom stereocenters. The summed E-state index contributed by atoms with van der Waals surface area (Å²) < 4.78 is 0.332. The van der Waals surface area contributed by atoms with Crippen LogP contribution in [0.25, 0.3) is 0 Å². The Kier molecular flexibility index (Phi) is 5.33. The summed E-state index contributed by atoms with van der Waals surface area (Å²) in [5, 5.41) is 21.3. The first kappa shape index (κ1) is 17.1. The second-order valence-corrected chi connectivity index (χ2v) is 7.20. The highest BCUT2D eigenvalue weighted by molar-refractivity contribution is 5.91. The molecule has 0 spiro atoms. The number of likely N-dealkylation sites (N-methyl/N-ethyl adjacent to an activating group) is 1. The third-order valence-corrected chi connectivity index (χ3v) is 3.87. The third kappa shape index (κ3) is 5.21. The molecule has 0 aliphatic heterocycles. The second kappa shape index (κ2) is 6.22. The highest BCUT2D eigenvalue weighted by Crippen LogP contribution is 2.45. The number of Topliss-reactive ketones (excluding diaryl/α,β-unsaturated/α-hetero) is 1. The van der Waals surface area contributed by atoms with E-state index in [1.54, 1.807) is 0 Å². The first-order chi connectivity index (χ1) is 9.07. The number of carboxylic acids is 1. The van der Waals surface area contributed by atoms with Crippen molar-refractivity contribution in [2.45, 2.75) is 44.6 Å². The maximum absolute atomic E-state index is 12.3. The van der Waals surface area contributed by atoms with Gasteiger partial charge in [-0.25, -0.2) is 0 Å². The molecule has 0 saturated heterocycles. The smallest absolute Gasteiger partial charge is 0.177 e. The van der Waals surface area contributed by atoms with E-state index in [1.165, 1.54) is 0 Å². The standard InChI is InChI=1S/C15H27NO4/c1-5-6-11-7-12(11)8-13(17)15(20,9-14(18)19)10-16(2,3)4/h11-12,20H,5-10H2,1-4H3. The number of quaternary nitrogens is 1. The fourth-order valence-electron chi connectivity index (χ4n) is 2.98. The Bertz CT molecular complexity index is 375. The Morgan fingerprint density at radius 3 is 2.35 bits per heavy atom. The van der Waals surface area contributed by atoms with Crippen LogP contribution in [0, 0.1) is 11.8 Å². The molecular formula is C15H27NO4. The summed E-state index contributed by atoms with van der Waals surface area (Å²) in [4.78, 5) is 23.2. The van der Waals surface area contributed by atoms with E-state index in [2.05, 4.69) is 6.92 Å². The number of aliphatic hydroxyl groups is 1. The van der Waals surface area contributed by atoms with Crippen LogP contribution in [0.1, 0.15) is 39.0 Å². The quantitative estimate of drug-likeness (QED) is 0.603. The Morgan fingerprint density at radius 2 is 1.90 bits per heavy atom. The molecule has 0 aromatic rings. The minimum Gasteiger partial charge on any atom is -0.550 e. The SMILES string of the molecule is CCCC1CC1CC(=O)C(O)(CC(=O)[O-])C[N+](C)(C)C. The summed E-state index contributed by atoms with van der Waals surface area (Å²) in [6.07, 6.45) is 2.88. The predicted octanol–water partition coefficient (Wildman–Crippen LogP) is -0.0409. The van der Waals surface area contributed by atoms with Crippen LogP contribution < -0.4 is 5.11 Å². The maximum atomic E-state index is 12.3. The third-order valence-electron chi connectivity index (χ3n) is 3.87. The van der Waals surface area contributed by atoms with Gasteiger partial charge in [0.15, 0.2) is 11.4 Å². The Balaban J connectivity index is 2.68. The summed E-state index contributed by atoms with van der Waals surface area (Å²) in [7, 11) is 5.47. The molecule has 116 valence electrons. The fourth-order valence-corrected chi connectivity index (χ4v) is 2.98. The van der Waals surface area contributed by atoms with E-state index in [0.29, 0.717) is 16.3 Å². The minimum absolute atomic E-state index is 0.0883. The molecule has 1 aliphatic carbocycles. The molecule has 0 radical (unpaired) electrons. The van der Waals surface area contributed by atoms with Crippen molar-refractivity contribution < 1.29 is 24.3 Å². The predicted molar refractivity (Wildman–Crippen MR) is 73.6 cm³/mol. The van der Waals surface area contributed by atoms with Crippen LogP contribution in [0.2, 0.25) is 0 Å². The normalized spacial score (nSPS) is 25.1. The fraction of sp³-hybridized carbons (Fsp3) is 0.867. The Morgan fingerprint density at radius 1 is 1.30 bits per heavy atom. The zero-order valence-corrected chi connectivity index (χ0v) is 13.0. The van der Waals surface area contributed by atoms with E-state index < -0.39 is 18.0 Å². The molecule has 0 aromatic carbocycles. The molecule has 3 unspecified atom stereocenters. The van der Waals surface area contributed by atoms with Gasteiger partial charge in [0.25, 0.3) is 0 Å². The van der Waals surface area contributed by atoms with Crippen molar-refractivity contribution in [2.75, 3.05) is 27.7 Å². The largest absolute Gasteiger partial charge is 0.550 e. The molecule has 0 amide bonds. The van der Waals surface area contributed by atoms with Gasteiger partial charge < -0.3 is 19.5 Å². The van der Waals surface area contributed by atoms with E-state index in [-0.39, 0.29) is 18.7 Å². The highest BCUT2D eigenvalue weighted by atomic mass is 16.4. The van der Waals surface area contributed by atoms with Crippen molar-refractivity contribution in [2.24, 2.45) is 11.8 Å². The lowest BCUT2D eigenvalue weighted by Gasteiger charge is -2.35. The molecule has 0 aromatic heterocycles. The number of rotatable bonds is 9. The summed E-state index contributed by atoms with van der Waals surface area (Å²) in [6, 6.07) is 0. The van der Waals surface area contributed by atoms with Crippen molar-refractivity contribution >= 4 is 11.8 Å². The van der Waals surface area contributed by atoms with Crippen molar-refractivity contribution in [1.82, 2.24) is 0 Å². The number of aliphatic carboxylic acids is 1. The number of hydrogen-bond donors (Lipinski definition) is 1. The highest BCUT2D eigenvalue weighted by Gasteiger charge is 2.45. The van der Waals surface area contributed by atoms with E-state index in [1.807, 2.05) is 21.1 Å². The lowest BCUT2D eigenvalue weighted by Crippen LogP contribution is -2.56. The van der Waals surface area contributed by atoms with Crippen molar-refractivity contribution in [1.29, 1.82) is 0 Å². The summed E-state index contributed by atoms with van der Waals surface area (Å²) >= 11 is 0. The molecule has 1 aliphatic rings. The van der Waals surface area contributed by atoms with Gasteiger partial charge in [-0.05, 0) is 18.3 Å². The first-order valence-electron chi connectivity index (χ1n) is 7.33. The minimum atomic E-state index is -1.81. The van der Waals surface area contributed by atoms with Crippen LogP contribution in [0.3, 0.4) is 0 Å². The molecule has 5 heteroatoms. The van der Waals surface area contributed by atoms with Gasteiger partial charge in [-0.1, -0.05) is 19.8 Å². The van der Waals surface area contributed by atoms with Gasteiger partial charge in [-0.2, -0.15) is 0 Å². The van der Waals surface area contributed by atoms with Crippen LogP contribution in [-0.2, 0) is 9.59 Å². The molecule has 1 N–H and O–H groups in total. The summed E-state index contributed by atoms with van der Waals surface area (Å²) in [5.74, 6) is -0.836. The van der Waals surface area contributed by atoms with Crippen molar-refractivity contribution in [3.05, 3.63) is 0 Å². The summed E-state index contributed by atoms with van der Waals surface area (Å²) in [6.45, 7) is 2.20. The van der Waals surface area contributed by atoms with E-state index >= 15 is 0 Å². The van der Waals surface area contributed by atoms with Crippen LogP contribution in [0.5, 0.6) is 0 Å². The number of carbonyl (C=O) groups excluding carboxylic acids is 2. The molecule has 1 fully saturated rings. The van der Waals surface area contributed by atoms with E-state index in [9.17, 15) is 19.8 Å². The lowest BCUT2D eigenvalue weighted by atomic mass is 9.89. The van der Waals surface area contributed by atoms with Gasteiger partial charge in [-0.3, -0.25) is 4.79 Å². The zero-order chi connectivity index (χ0) is 15.6. The number of ketones is 1. The summed E-state index contributed by atoms with van der Waals surface area (Å²) in [5.41, 5.74) is -1.81. The van der Waals surface area contributed by atoms with Gasteiger partial charge >= 0.3 is 0 Å². The molecule has 0 heterocycles. The molecule has 20 heavy (non-hydrogen) atoms. The van der Waals surface area contributed by atoms with Crippen LogP contribution in [-0.4, -0.2) is 54.6 Å². The molecule has 1 rings (SSSR count). The average Bonchev–Trinajstić information content (AvgIpc) is 2.92. The van der Waals surface area contributed by atoms with Gasteiger partial charge in [0, 0.05) is 18.8 Å². The molecule has 0 bridgehead atoms. The van der Waals surface area contributed by atoms with Gasteiger partial charge in [-0.15, -0.1) is 0 Å². The monoisotopic (exact) mass is 285 g/mol. The van der Waals surface area contributed by atoms with E-state index in [0.717, 1.165) is 19.3 Å². The van der Waals surface area contributed by atoms with Crippen LogP contribution in [0.15, 0.2) is 0 Å². The average molecular weight is 285 g/mol. The van der Waals surface area contributed by atoms with Crippen LogP contribution >= 0.6 is 0 Å². The van der Waals surface area contributed by atoms with Crippen molar-refractivity contribution in [3.8, 4) is 0 Å².